The number of carbonyl (C=O) groups is 2. The minimum absolute atomic E-state index is 0.0991. The Balaban J connectivity index is 2.28. The van der Waals surface area contributed by atoms with Gasteiger partial charge in [-0.05, 0) is 6.07 Å². The van der Waals surface area contributed by atoms with Crippen molar-refractivity contribution in [3.8, 4) is 0 Å². The third-order valence-electron chi connectivity index (χ3n) is 1.59. The largest absolute Gasteiger partial charge is 0.355 e. The van der Waals surface area contributed by atoms with Gasteiger partial charge in [-0.15, -0.1) is 24.0 Å². The molecule has 2 N–H and O–H groups in total. The van der Waals surface area contributed by atoms with Crippen molar-refractivity contribution in [2.24, 2.45) is 0 Å². The highest BCUT2D eigenvalue weighted by Gasteiger charge is 2.06. The van der Waals surface area contributed by atoms with Gasteiger partial charge >= 0.3 is 0 Å². The molecule has 15 heavy (non-hydrogen) atoms. The van der Waals surface area contributed by atoms with Crippen LogP contribution in [0.25, 0.3) is 0 Å². The van der Waals surface area contributed by atoms with E-state index in [0.717, 1.165) is 4.90 Å². The highest BCUT2D eigenvalue weighted by molar-refractivity contribution is 7.80. The molecule has 1 rings (SSSR count). The van der Waals surface area contributed by atoms with E-state index < -0.39 is 0 Å². The van der Waals surface area contributed by atoms with Crippen molar-refractivity contribution >= 4 is 35.8 Å². The summed E-state index contributed by atoms with van der Waals surface area (Å²) >= 11 is 5.46. The summed E-state index contributed by atoms with van der Waals surface area (Å²) in [7, 11) is 0. The van der Waals surface area contributed by atoms with Crippen molar-refractivity contribution in [3.63, 3.8) is 0 Å². The highest BCUT2D eigenvalue weighted by atomic mass is 32.1. The summed E-state index contributed by atoms with van der Waals surface area (Å²) in [6.07, 6.45) is 0. The van der Waals surface area contributed by atoms with E-state index in [1.54, 1.807) is 11.4 Å². The fraction of sp³-hybridized carbons (Fsp3) is 0.333. The number of nitrogens with one attached hydrogen (secondary N) is 2. The number of amides is 2. The normalized spacial score (nSPS) is 9.73. The van der Waals surface area contributed by atoms with Crippen LogP contribution in [0.2, 0.25) is 0 Å². The van der Waals surface area contributed by atoms with Crippen molar-refractivity contribution in [2.45, 2.75) is 11.8 Å². The standard InChI is InChI=1S/C9H12N2O2S2/c1-6(12)10-2-3-11-9(13)8-4-7(14)5-15-8/h4-5,14H,2-3H2,1H3,(H,10,12)(H,11,13). The van der Waals surface area contributed by atoms with Gasteiger partial charge in [0.25, 0.3) is 5.91 Å². The molecule has 2 amide bonds. The number of hydrogen-bond donors (Lipinski definition) is 3. The summed E-state index contributed by atoms with van der Waals surface area (Å²) in [5.74, 6) is -0.233. The van der Waals surface area contributed by atoms with Gasteiger partial charge in [-0.25, -0.2) is 0 Å². The monoisotopic (exact) mass is 244 g/mol. The van der Waals surface area contributed by atoms with Gasteiger partial charge in [-0.1, -0.05) is 0 Å². The fourth-order valence-electron chi connectivity index (χ4n) is 0.947. The second kappa shape index (κ2) is 5.77. The van der Waals surface area contributed by atoms with E-state index in [2.05, 4.69) is 23.3 Å². The molecule has 0 bridgehead atoms. The van der Waals surface area contributed by atoms with E-state index in [0.29, 0.717) is 18.0 Å². The van der Waals surface area contributed by atoms with Crippen LogP contribution in [0.1, 0.15) is 16.6 Å². The highest BCUT2D eigenvalue weighted by Crippen LogP contribution is 2.16. The Hall–Kier alpha value is -1.01. The summed E-state index contributed by atoms with van der Waals surface area (Å²) in [6, 6.07) is 1.71. The van der Waals surface area contributed by atoms with Gasteiger partial charge in [0.15, 0.2) is 0 Å². The van der Waals surface area contributed by atoms with Crippen LogP contribution in [0.5, 0.6) is 0 Å². The molecular weight excluding hydrogens is 232 g/mol. The van der Waals surface area contributed by atoms with E-state index >= 15 is 0 Å². The lowest BCUT2D eigenvalue weighted by Gasteiger charge is -2.03. The van der Waals surface area contributed by atoms with E-state index in [4.69, 9.17) is 0 Å². The molecule has 0 spiro atoms. The Bertz CT molecular complexity index is 363. The molecule has 0 unspecified atom stereocenters. The average molecular weight is 244 g/mol. The summed E-state index contributed by atoms with van der Waals surface area (Å²) < 4.78 is 0. The van der Waals surface area contributed by atoms with Crippen molar-refractivity contribution in [2.75, 3.05) is 13.1 Å². The third kappa shape index (κ3) is 4.35. The first-order chi connectivity index (χ1) is 7.09. The Morgan fingerprint density at radius 1 is 1.40 bits per heavy atom. The first-order valence-electron chi connectivity index (χ1n) is 4.39. The van der Waals surface area contributed by atoms with Crippen molar-refractivity contribution < 1.29 is 9.59 Å². The Kier molecular flexibility index (Phi) is 4.64. The molecule has 1 heterocycles. The van der Waals surface area contributed by atoms with Gasteiger partial charge in [-0.2, -0.15) is 0 Å². The lowest BCUT2D eigenvalue weighted by molar-refractivity contribution is -0.118. The zero-order chi connectivity index (χ0) is 11.3. The van der Waals surface area contributed by atoms with Crippen LogP contribution >= 0.6 is 24.0 Å². The topological polar surface area (TPSA) is 58.2 Å². The molecule has 1 aromatic rings. The van der Waals surface area contributed by atoms with Crippen molar-refractivity contribution in [3.05, 3.63) is 16.3 Å². The first-order valence-corrected chi connectivity index (χ1v) is 5.72. The Morgan fingerprint density at radius 3 is 2.60 bits per heavy atom. The predicted octanol–water partition coefficient (Wildman–Crippen LogP) is 0.903. The predicted molar refractivity (Wildman–Crippen MR) is 62.6 cm³/mol. The molecule has 0 aliphatic heterocycles. The molecule has 0 saturated heterocycles. The summed E-state index contributed by atoms with van der Waals surface area (Å²) in [5.41, 5.74) is 0. The molecule has 6 heteroatoms. The molecule has 82 valence electrons. The average Bonchev–Trinajstić information content (AvgIpc) is 2.59. The summed E-state index contributed by atoms with van der Waals surface area (Å²) in [6.45, 7) is 2.31. The number of hydrogen-bond acceptors (Lipinski definition) is 4. The minimum Gasteiger partial charge on any atom is -0.355 e. The van der Waals surface area contributed by atoms with Crippen LogP contribution in [-0.2, 0) is 4.79 Å². The number of carbonyl (C=O) groups excluding carboxylic acids is 2. The summed E-state index contributed by atoms with van der Waals surface area (Å²) in [4.78, 5) is 23.4. The van der Waals surface area contributed by atoms with Crippen LogP contribution in [0.3, 0.4) is 0 Å². The molecule has 0 aromatic carbocycles. The summed E-state index contributed by atoms with van der Waals surface area (Å²) in [5, 5.41) is 7.08. The maximum absolute atomic E-state index is 11.5. The zero-order valence-corrected chi connectivity index (χ0v) is 9.95. The Labute approximate surface area is 97.5 Å². The minimum atomic E-state index is -0.134. The molecule has 0 saturated carbocycles. The van der Waals surface area contributed by atoms with Gasteiger partial charge in [0, 0.05) is 30.3 Å². The molecule has 0 radical (unpaired) electrons. The van der Waals surface area contributed by atoms with E-state index in [1.165, 1.54) is 18.3 Å². The lowest BCUT2D eigenvalue weighted by atomic mass is 10.4. The second-order valence-corrected chi connectivity index (χ2v) is 4.34. The molecular formula is C9H12N2O2S2. The number of rotatable bonds is 4. The molecule has 4 nitrogen and oxygen atoms in total. The second-order valence-electron chi connectivity index (χ2n) is 2.91. The van der Waals surface area contributed by atoms with E-state index in [1.807, 2.05) is 0 Å². The van der Waals surface area contributed by atoms with Crippen LogP contribution in [-0.4, -0.2) is 24.9 Å². The van der Waals surface area contributed by atoms with Gasteiger partial charge in [0.1, 0.15) is 0 Å². The van der Waals surface area contributed by atoms with E-state index in [9.17, 15) is 9.59 Å². The van der Waals surface area contributed by atoms with Crippen LogP contribution in [0.4, 0.5) is 0 Å². The molecule has 0 aliphatic rings. The van der Waals surface area contributed by atoms with E-state index in [-0.39, 0.29) is 11.8 Å². The maximum Gasteiger partial charge on any atom is 0.261 e. The smallest absolute Gasteiger partial charge is 0.261 e. The molecule has 0 aliphatic carbocycles. The van der Waals surface area contributed by atoms with Gasteiger partial charge in [0.2, 0.25) is 5.91 Å². The Morgan fingerprint density at radius 2 is 2.07 bits per heavy atom. The van der Waals surface area contributed by atoms with Crippen molar-refractivity contribution in [1.29, 1.82) is 0 Å². The van der Waals surface area contributed by atoms with Crippen molar-refractivity contribution in [1.82, 2.24) is 10.6 Å². The van der Waals surface area contributed by atoms with Crippen LogP contribution in [0, 0.1) is 0 Å². The van der Waals surface area contributed by atoms with Gasteiger partial charge < -0.3 is 10.6 Å². The maximum atomic E-state index is 11.5. The van der Waals surface area contributed by atoms with Crippen LogP contribution in [0.15, 0.2) is 16.3 Å². The van der Waals surface area contributed by atoms with Gasteiger partial charge in [-0.3, -0.25) is 9.59 Å². The number of thiol groups is 1. The van der Waals surface area contributed by atoms with Crippen LogP contribution < -0.4 is 10.6 Å². The molecule has 1 aromatic heterocycles. The van der Waals surface area contributed by atoms with Gasteiger partial charge in [0.05, 0.1) is 4.88 Å². The third-order valence-corrected chi connectivity index (χ3v) is 2.96. The quantitative estimate of drug-likeness (QED) is 0.544. The number of thiophene rings is 1. The zero-order valence-electron chi connectivity index (χ0n) is 8.24. The first kappa shape index (κ1) is 12.1. The fourth-order valence-corrected chi connectivity index (χ4v) is 2.01. The lowest BCUT2D eigenvalue weighted by Crippen LogP contribution is -2.33. The SMILES string of the molecule is CC(=O)NCCNC(=O)c1cc(S)cs1. The molecule has 0 fully saturated rings. The molecule has 0 atom stereocenters.